The maximum Gasteiger partial charge on any atom is 0.335 e. The summed E-state index contributed by atoms with van der Waals surface area (Å²) in [7, 11) is 0. The predicted molar refractivity (Wildman–Crippen MR) is 63.2 cm³/mol. The summed E-state index contributed by atoms with van der Waals surface area (Å²) in [6.45, 7) is 0. The van der Waals surface area contributed by atoms with E-state index in [0.29, 0.717) is 10.2 Å². The molecule has 8 nitrogen and oxygen atoms in total. The van der Waals surface area contributed by atoms with Gasteiger partial charge in [0.25, 0.3) is 11.7 Å². The lowest BCUT2D eigenvalue weighted by molar-refractivity contribution is 0.0696. The number of tetrazole rings is 1. The molecule has 9 heteroatoms. The van der Waals surface area contributed by atoms with Crippen molar-refractivity contribution in [2.45, 2.75) is 0 Å². The van der Waals surface area contributed by atoms with E-state index < -0.39 is 11.9 Å². The summed E-state index contributed by atoms with van der Waals surface area (Å²) in [5.41, 5.74) is 0.367. The van der Waals surface area contributed by atoms with Gasteiger partial charge in [-0.1, -0.05) is 0 Å². The first kappa shape index (κ1) is 12.2. The van der Waals surface area contributed by atoms with E-state index in [-0.39, 0.29) is 11.4 Å². The van der Waals surface area contributed by atoms with Gasteiger partial charge in [0.1, 0.15) is 0 Å². The fourth-order valence-corrected chi connectivity index (χ4v) is 1.54. The minimum atomic E-state index is -1.09. The van der Waals surface area contributed by atoms with E-state index in [1.807, 2.05) is 0 Å². The fourth-order valence-electron chi connectivity index (χ4n) is 1.19. The molecule has 0 bridgehead atoms. The largest absolute Gasteiger partial charge is 0.478 e. The lowest BCUT2D eigenvalue weighted by Gasteiger charge is -2.06. The first-order valence-corrected chi connectivity index (χ1v) is 5.45. The molecule has 0 aliphatic rings. The number of rotatable bonds is 3. The molecule has 0 unspecified atom stereocenters. The van der Waals surface area contributed by atoms with Gasteiger partial charge in [0, 0.05) is 4.47 Å². The van der Waals surface area contributed by atoms with Gasteiger partial charge in [-0.3, -0.25) is 4.79 Å². The van der Waals surface area contributed by atoms with Crippen molar-refractivity contribution in [2.24, 2.45) is 0 Å². The molecule has 0 aliphatic heterocycles. The van der Waals surface area contributed by atoms with Crippen LogP contribution in [0.5, 0.6) is 0 Å². The van der Waals surface area contributed by atoms with Gasteiger partial charge in [-0.2, -0.15) is 5.21 Å². The van der Waals surface area contributed by atoms with E-state index in [0.717, 1.165) is 0 Å². The molecule has 0 fully saturated rings. The molecular weight excluding hydrogens is 306 g/mol. The lowest BCUT2D eigenvalue weighted by Crippen LogP contribution is -2.14. The zero-order valence-corrected chi connectivity index (χ0v) is 10.3. The highest BCUT2D eigenvalue weighted by Gasteiger charge is 2.14. The third kappa shape index (κ3) is 2.51. The third-order valence-electron chi connectivity index (χ3n) is 2.01. The SMILES string of the molecule is O=C(O)c1ccc(Br)c(NC(=O)c2nn[nH]n2)c1. The number of amides is 1. The summed E-state index contributed by atoms with van der Waals surface area (Å²) < 4.78 is 0.546. The zero-order chi connectivity index (χ0) is 13.1. The molecule has 2 rings (SSSR count). The molecule has 1 amide bonds. The van der Waals surface area contributed by atoms with Crippen LogP contribution in [-0.4, -0.2) is 37.6 Å². The first-order valence-electron chi connectivity index (χ1n) is 4.65. The average Bonchev–Trinajstić information content (AvgIpc) is 2.85. The molecule has 0 saturated heterocycles. The number of aromatic amines is 1. The Hall–Kier alpha value is -2.29. The molecule has 0 atom stereocenters. The number of carbonyl (C=O) groups excluding carboxylic acids is 1. The Bertz CT molecular complexity index is 598. The Kier molecular flexibility index (Phi) is 3.33. The molecule has 1 aromatic heterocycles. The standard InChI is InChI=1S/C9H6BrN5O3/c10-5-2-1-4(9(17)18)3-6(5)11-8(16)7-12-14-15-13-7/h1-3H,(H,11,16)(H,17,18)(H,12,13,14,15). The summed E-state index contributed by atoms with van der Waals surface area (Å²) in [6.07, 6.45) is 0. The van der Waals surface area contributed by atoms with Crippen LogP contribution in [0.1, 0.15) is 21.0 Å². The molecule has 0 saturated carbocycles. The topological polar surface area (TPSA) is 121 Å². The number of nitrogens with one attached hydrogen (secondary N) is 2. The van der Waals surface area contributed by atoms with Gasteiger partial charge in [0.15, 0.2) is 0 Å². The van der Waals surface area contributed by atoms with Gasteiger partial charge in [-0.05, 0) is 39.3 Å². The number of carbonyl (C=O) groups is 2. The first-order chi connectivity index (χ1) is 8.58. The number of aromatic carboxylic acids is 1. The van der Waals surface area contributed by atoms with E-state index in [1.165, 1.54) is 18.2 Å². The summed E-state index contributed by atoms with van der Waals surface area (Å²) in [5.74, 6) is -1.81. The molecule has 18 heavy (non-hydrogen) atoms. The number of carboxylic acid groups (broad SMARTS) is 1. The van der Waals surface area contributed by atoms with E-state index in [9.17, 15) is 9.59 Å². The molecule has 3 N–H and O–H groups in total. The Balaban J connectivity index is 2.26. The highest BCUT2D eigenvalue weighted by atomic mass is 79.9. The van der Waals surface area contributed by atoms with Crippen LogP contribution in [0.4, 0.5) is 5.69 Å². The maximum atomic E-state index is 11.6. The van der Waals surface area contributed by atoms with E-state index >= 15 is 0 Å². The summed E-state index contributed by atoms with van der Waals surface area (Å²) in [6, 6.07) is 4.26. The number of halogens is 1. The minimum absolute atomic E-state index is 0.0570. The van der Waals surface area contributed by atoms with Crippen LogP contribution >= 0.6 is 15.9 Å². The molecule has 2 aromatic rings. The van der Waals surface area contributed by atoms with Crippen molar-refractivity contribution in [3.8, 4) is 0 Å². The number of nitrogens with zero attached hydrogens (tertiary/aromatic N) is 3. The number of aromatic nitrogens is 4. The quantitative estimate of drug-likeness (QED) is 0.774. The molecule has 1 heterocycles. The van der Waals surface area contributed by atoms with Gasteiger partial charge in [0.05, 0.1) is 11.3 Å². The third-order valence-corrected chi connectivity index (χ3v) is 2.70. The normalized spacial score (nSPS) is 10.1. The van der Waals surface area contributed by atoms with Crippen LogP contribution in [-0.2, 0) is 0 Å². The van der Waals surface area contributed by atoms with Crippen molar-refractivity contribution >= 4 is 33.5 Å². The number of hydrogen-bond acceptors (Lipinski definition) is 5. The zero-order valence-electron chi connectivity index (χ0n) is 8.72. The number of carboxylic acids is 1. The van der Waals surface area contributed by atoms with Crippen LogP contribution in [0.25, 0.3) is 0 Å². The Morgan fingerprint density at radius 2 is 2.17 bits per heavy atom. The van der Waals surface area contributed by atoms with Crippen LogP contribution < -0.4 is 5.32 Å². The second-order valence-corrected chi connectivity index (χ2v) is 4.04. The smallest absolute Gasteiger partial charge is 0.335 e. The van der Waals surface area contributed by atoms with E-state index in [4.69, 9.17) is 5.11 Å². The molecule has 92 valence electrons. The van der Waals surface area contributed by atoms with Crippen LogP contribution in [0, 0.1) is 0 Å². The van der Waals surface area contributed by atoms with Gasteiger partial charge in [-0.15, -0.1) is 10.2 Å². The molecular formula is C9H6BrN5O3. The Labute approximate surface area is 109 Å². The highest BCUT2D eigenvalue weighted by Crippen LogP contribution is 2.24. The summed E-state index contributed by atoms with van der Waals surface area (Å²) in [4.78, 5) is 22.5. The van der Waals surface area contributed by atoms with Crippen molar-refractivity contribution < 1.29 is 14.7 Å². The van der Waals surface area contributed by atoms with Crippen molar-refractivity contribution in [1.29, 1.82) is 0 Å². The lowest BCUT2D eigenvalue weighted by atomic mass is 10.2. The Morgan fingerprint density at radius 1 is 1.39 bits per heavy atom. The molecule has 0 spiro atoms. The minimum Gasteiger partial charge on any atom is -0.478 e. The van der Waals surface area contributed by atoms with Crippen LogP contribution in [0.15, 0.2) is 22.7 Å². The maximum absolute atomic E-state index is 11.6. The van der Waals surface area contributed by atoms with Crippen molar-refractivity contribution in [2.75, 3.05) is 5.32 Å². The van der Waals surface area contributed by atoms with Crippen molar-refractivity contribution in [3.05, 3.63) is 34.1 Å². The molecule has 1 aromatic carbocycles. The number of hydrogen-bond donors (Lipinski definition) is 3. The number of H-pyrrole nitrogens is 1. The van der Waals surface area contributed by atoms with Gasteiger partial charge >= 0.3 is 5.97 Å². The fraction of sp³-hybridized carbons (Fsp3) is 0. The second kappa shape index (κ2) is 4.92. The van der Waals surface area contributed by atoms with Gasteiger partial charge in [-0.25, -0.2) is 4.79 Å². The van der Waals surface area contributed by atoms with E-state index in [2.05, 4.69) is 41.9 Å². The molecule has 0 aliphatic carbocycles. The molecule has 0 radical (unpaired) electrons. The van der Waals surface area contributed by atoms with Gasteiger partial charge in [0.2, 0.25) is 0 Å². The van der Waals surface area contributed by atoms with Crippen LogP contribution in [0.3, 0.4) is 0 Å². The number of benzene rings is 1. The van der Waals surface area contributed by atoms with Crippen LogP contribution in [0.2, 0.25) is 0 Å². The van der Waals surface area contributed by atoms with E-state index in [1.54, 1.807) is 0 Å². The highest BCUT2D eigenvalue weighted by molar-refractivity contribution is 9.10. The average molecular weight is 312 g/mol. The predicted octanol–water partition coefficient (Wildman–Crippen LogP) is 0.913. The monoisotopic (exact) mass is 311 g/mol. The Morgan fingerprint density at radius 3 is 2.78 bits per heavy atom. The summed E-state index contributed by atoms with van der Waals surface area (Å²) >= 11 is 3.20. The van der Waals surface area contributed by atoms with Crippen molar-refractivity contribution in [3.63, 3.8) is 0 Å². The summed E-state index contributed by atoms with van der Waals surface area (Å²) in [5, 5.41) is 23.7. The number of anilines is 1. The van der Waals surface area contributed by atoms with Crippen molar-refractivity contribution in [1.82, 2.24) is 20.6 Å². The van der Waals surface area contributed by atoms with Gasteiger partial charge < -0.3 is 10.4 Å². The second-order valence-electron chi connectivity index (χ2n) is 3.19.